The van der Waals surface area contributed by atoms with Crippen molar-refractivity contribution in [2.45, 2.75) is 12.8 Å². The molecule has 132 valence electrons. The normalized spacial score (nSPS) is 13.8. The number of phenolic OH excluding ortho intramolecular Hbond substituents is 1. The molecule has 0 aliphatic carbocycles. The molecule has 0 saturated carbocycles. The van der Waals surface area contributed by atoms with Crippen LogP contribution in [0.5, 0.6) is 17.2 Å². The Balaban J connectivity index is 1.84. The van der Waals surface area contributed by atoms with Crippen LogP contribution in [0, 0.1) is 0 Å². The van der Waals surface area contributed by atoms with E-state index in [-0.39, 0.29) is 17.2 Å². The van der Waals surface area contributed by atoms with Gasteiger partial charge in [0.1, 0.15) is 5.75 Å². The van der Waals surface area contributed by atoms with Gasteiger partial charge in [-0.15, -0.1) is 0 Å². The van der Waals surface area contributed by atoms with Gasteiger partial charge in [-0.05, 0) is 54.3 Å². The number of benzene rings is 2. The maximum Gasteiger partial charge on any atom is 0.257 e. The summed E-state index contributed by atoms with van der Waals surface area (Å²) in [6.45, 7) is 1.13. The number of hydrogen-bond donors (Lipinski definition) is 1. The van der Waals surface area contributed by atoms with E-state index in [1.54, 1.807) is 25.2 Å². The maximum atomic E-state index is 12.8. The number of methoxy groups -OCH3 is 2. The molecule has 6 heteroatoms. The van der Waals surface area contributed by atoms with Crippen molar-refractivity contribution in [3.63, 3.8) is 0 Å². The highest BCUT2D eigenvalue weighted by atomic mass is 35.5. The first-order valence-electron chi connectivity index (χ1n) is 8.05. The number of amides is 1. The van der Waals surface area contributed by atoms with Crippen LogP contribution in [-0.4, -0.2) is 43.2 Å². The number of carbonyl (C=O) groups is 1. The molecule has 1 aliphatic heterocycles. The van der Waals surface area contributed by atoms with Crippen molar-refractivity contribution in [3.05, 3.63) is 52.0 Å². The molecule has 0 unspecified atom stereocenters. The lowest BCUT2D eigenvalue weighted by Gasteiger charge is -2.20. The highest BCUT2D eigenvalue weighted by Crippen LogP contribution is 2.32. The number of rotatable bonds is 3. The van der Waals surface area contributed by atoms with Crippen LogP contribution in [0.4, 0.5) is 0 Å². The van der Waals surface area contributed by atoms with Crippen LogP contribution >= 0.6 is 11.6 Å². The van der Waals surface area contributed by atoms with Crippen molar-refractivity contribution in [1.82, 2.24) is 4.90 Å². The molecule has 1 amide bonds. The Morgan fingerprint density at radius 1 is 1.04 bits per heavy atom. The lowest BCUT2D eigenvalue weighted by atomic mass is 10.0. The van der Waals surface area contributed by atoms with Gasteiger partial charge >= 0.3 is 0 Å². The van der Waals surface area contributed by atoms with Gasteiger partial charge in [-0.2, -0.15) is 0 Å². The Morgan fingerprint density at radius 2 is 1.60 bits per heavy atom. The van der Waals surface area contributed by atoms with Crippen LogP contribution < -0.4 is 9.47 Å². The van der Waals surface area contributed by atoms with E-state index >= 15 is 0 Å². The quantitative estimate of drug-likeness (QED) is 0.911. The Bertz CT molecular complexity index is 771. The Morgan fingerprint density at radius 3 is 2.12 bits per heavy atom. The van der Waals surface area contributed by atoms with Gasteiger partial charge in [0.25, 0.3) is 5.91 Å². The molecule has 0 saturated heterocycles. The molecule has 0 aromatic heterocycles. The van der Waals surface area contributed by atoms with Crippen LogP contribution in [0.25, 0.3) is 0 Å². The number of fused-ring (bicyclic) bond motifs is 1. The van der Waals surface area contributed by atoms with E-state index in [9.17, 15) is 9.90 Å². The van der Waals surface area contributed by atoms with Crippen molar-refractivity contribution in [2.75, 3.05) is 27.3 Å². The summed E-state index contributed by atoms with van der Waals surface area (Å²) in [6, 6.07) is 8.45. The average Bonchev–Trinajstić information content (AvgIpc) is 2.83. The average molecular weight is 362 g/mol. The standard InChI is InChI=1S/C19H20ClNO4/c1-24-17-9-12-5-7-21(8-6-13(12)10-18(17)25-2)19(23)15-11-14(20)3-4-16(15)22/h3-4,9-11,22H,5-8H2,1-2H3. The molecule has 0 bridgehead atoms. The second kappa shape index (κ2) is 7.23. The number of carbonyl (C=O) groups excluding carboxylic acids is 1. The molecule has 0 radical (unpaired) electrons. The molecule has 2 aromatic rings. The van der Waals surface area contributed by atoms with E-state index in [0.717, 1.165) is 11.1 Å². The fourth-order valence-electron chi connectivity index (χ4n) is 3.10. The lowest BCUT2D eigenvalue weighted by molar-refractivity contribution is 0.0760. The zero-order chi connectivity index (χ0) is 18.0. The predicted octanol–water partition coefficient (Wildman–Crippen LogP) is 3.30. The molecule has 5 nitrogen and oxygen atoms in total. The van der Waals surface area contributed by atoms with E-state index in [2.05, 4.69) is 0 Å². The van der Waals surface area contributed by atoms with Gasteiger partial charge < -0.3 is 19.5 Å². The number of halogens is 1. The topological polar surface area (TPSA) is 59.0 Å². The van der Waals surface area contributed by atoms with Crippen molar-refractivity contribution < 1.29 is 19.4 Å². The van der Waals surface area contributed by atoms with Crippen LogP contribution in [0.2, 0.25) is 5.02 Å². The minimum atomic E-state index is -0.216. The van der Waals surface area contributed by atoms with E-state index in [0.29, 0.717) is 42.5 Å². The van der Waals surface area contributed by atoms with Crippen molar-refractivity contribution in [1.29, 1.82) is 0 Å². The van der Waals surface area contributed by atoms with E-state index in [4.69, 9.17) is 21.1 Å². The van der Waals surface area contributed by atoms with Crippen LogP contribution in [0.1, 0.15) is 21.5 Å². The summed E-state index contributed by atoms with van der Waals surface area (Å²) in [5, 5.41) is 10.4. The van der Waals surface area contributed by atoms with Gasteiger partial charge in [-0.3, -0.25) is 4.79 Å². The summed E-state index contributed by atoms with van der Waals surface area (Å²) in [4.78, 5) is 14.5. The third-order valence-corrected chi connectivity index (χ3v) is 4.72. The minimum Gasteiger partial charge on any atom is -0.507 e. The number of ether oxygens (including phenoxy) is 2. The monoisotopic (exact) mass is 361 g/mol. The number of hydrogen-bond acceptors (Lipinski definition) is 4. The number of phenols is 1. The predicted molar refractivity (Wildman–Crippen MR) is 96.0 cm³/mol. The Kier molecular flexibility index (Phi) is 5.04. The molecule has 1 aliphatic rings. The Labute approximate surface area is 151 Å². The number of nitrogens with zero attached hydrogens (tertiary/aromatic N) is 1. The second-order valence-corrected chi connectivity index (χ2v) is 6.37. The van der Waals surface area contributed by atoms with Gasteiger partial charge in [0.05, 0.1) is 19.8 Å². The highest BCUT2D eigenvalue weighted by Gasteiger charge is 2.23. The molecule has 25 heavy (non-hydrogen) atoms. The summed E-state index contributed by atoms with van der Waals surface area (Å²) < 4.78 is 10.7. The van der Waals surface area contributed by atoms with Gasteiger partial charge in [-0.1, -0.05) is 11.6 Å². The zero-order valence-corrected chi connectivity index (χ0v) is 15.0. The summed E-state index contributed by atoms with van der Waals surface area (Å²) in [5.74, 6) is 1.10. The molecule has 0 spiro atoms. The van der Waals surface area contributed by atoms with Gasteiger partial charge in [0.15, 0.2) is 11.5 Å². The summed E-state index contributed by atoms with van der Waals surface area (Å²) >= 11 is 5.96. The largest absolute Gasteiger partial charge is 0.507 e. The molecule has 0 fully saturated rings. The molecule has 2 aromatic carbocycles. The summed E-state index contributed by atoms with van der Waals surface area (Å²) in [5.41, 5.74) is 2.51. The molecule has 0 atom stereocenters. The highest BCUT2D eigenvalue weighted by molar-refractivity contribution is 6.31. The number of aromatic hydroxyl groups is 1. The third-order valence-electron chi connectivity index (χ3n) is 4.48. The molecule has 1 heterocycles. The van der Waals surface area contributed by atoms with Gasteiger partial charge in [0.2, 0.25) is 0 Å². The lowest BCUT2D eigenvalue weighted by Crippen LogP contribution is -2.33. The molecule has 3 rings (SSSR count). The molecular formula is C19H20ClNO4. The summed E-state index contributed by atoms with van der Waals surface area (Å²) in [7, 11) is 3.22. The SMILES string of the molecule is COc1cc2c(cc1OC)CCN(C(=O)c1cc(Cl)ccc1O)CC2. The third kappa shape index (κ3) is 3.51. The van der Waals surface area contributed by atoms with Gasteiger partial charge in [-0.25, -0.2) is 0 Å². The van der Waals surface area contributed by atoms with Crippen LogP contribution in [0.3, 0.4) is 0 Å². The first-order chi connectivity index (χ1) is 12.0. The molecular weight excluding hydrogens is 342 g/mol. The smallest absolute Gasteiger partial charge is 0.257 e. The van der Waals surface area contributed by atoms with Crippen molar-refractivity contribution in [3.8, 4) is 17.2 Å². The van der Waals surface area contributed by atoms with E-state index in [1.165, 1.54) is 12.1 Å². The zero-order valence-electron chi connectivity index (χ0n) is 14.2. The van der Waals surface area contributed by atoms with Crippen LogP contribution in [0.15, 0.2) is 30.3 Å². The fraction of sp³-hybridized carbons (Fsp3) is 0.316. The Hall–Kier alpha value is -2.40. The van der Waals surface area contributed by atoms with E-state index < -0.39 is 0 Å². The van der Waals surface area contributed by atoms with Gasteiger partial charge in [0, 0.05) is 18.1 Å². The van der Waals surface area contributed by atoms with Crippen LogP contribution in [-0.2, 0) is 12.8 Å². The minimum absolute atomic E-state index is 0.0560. The second-order valence-electron chi connectivity index (χ2n) is 5.93. The van der Waals surface area contributed by atoms with Crippen molar-refractivity contribution >= 4 is 17.5 Å². The van der Waals surface area contributed by atoms with Crippen molar-refractivity contribution in [2.24, 2.45) is 0 Å². The summed E-state index contributed by atoms with van der Waals surface area (Å²) in [6.07, 6.45) is 1.42. The first kappa shape index (κ1) is 17.4. The molecule has 1 N–H and O–H groups in total. The maximum absolute atomic E-state index is 12.8. The fourth-order valence-corrected chi connectivity index (χ4v) is 3.28. The van der Waals surface area contributed by atoms with E-state index in [1.807, 2.05) is 12.1 Å². The first-order valence-corrected chi connectivity index (χ1v) is 8.43.